The van der Waals surface area contributed by atoms with Crippen molar-refractivity contribution in [2.24, 2.45) is 0 Å². The Morgan fingerprint density at radius 3 is 2.33 bits per heavy atom. The fourth-order valence-corrected chi connectivity index (χ4v) is 2.10. The average molecular weight is 360 g/mol. The molecule has 0 saturated carbocycles. The smallest absolute Gasteiger partial charge is 0.199 e. The van der Waals surface area contributed by atoms with Crippen LogP contribution in [0.5, 0.6) is 5.75 Å². The first-order valence-electron chi connectivity index (χ1n) is 5.67. The van der Waals surface area contributed by atoms with E-state index in [-0.39, 0.29) is 21.5 Å². The minimum atomic E-state index is -1.06. The highest BCUT2D eigenvalue weighted by atomic mass is 79.9. The molecule has 0 saturated heterocycles. The second-order valence-electron chi connectivity index (χ2n) is 4.15. The van der Waals surface area contributed by atoms with E-state index in [0.717, 1.165) is 18.2 Å². The van der Waals surface area contributed by atoms with E-state index in [1.165, 1.54) is 7.11 Å². The van der Waals surface area contributed by atoms with E-state index in [1.807, 2.05) is 0 Å². The average Bonchev–Trinajstić information content (AvgIpc) is 2.44. The molecular formula is C14H9BrF3NO2. The molecule has 0 amide bonds. The molecule has 0 radical (unpaired) electrons. The number of anilines is 1. The van der Waals surface area contributed by atoms with Crippen LogP contribution in [0, 0.1) is 17.5 Å². The summed E-state index contributed by atoms with van der Waals surface area (Å²) in [7, 11) is 1.24. The van der Waals surface area contributed by atoms with E-state index in [0.29, 0.717) is 6.07 Å². The first kappa shape index (κ1) is 15.4. The monoisotopic (exact) mass is 359 g/mol. The number of rotatable bonds is 3. The van der Waals surface area contributed by atoms with Crippen molar-refractivity contribution in [3.05, 3.63) is 57.3 Å². The first-order valence-corrected chi connectivity index (χ1v) is 6.46. The second-order valence-corrected chi connectivity index (χ2v) is 5.00. The summed E-state index contributed by atoms with van der Waals surface area (Å²) >= 11 is 2.93. The van der Waals surface area contributed by atoms with Crippen molar-refractivity contribution in [3.8, 4) is 5.75 Å². The molecule has 7 heteroatoms. The van der Waals surface area contributed by atoms with Crippen LogP contribution in [0.2, 0.25) is 0 Å². The third-order valence-electron chi connectivity index (χ3n) is 2.82. The van der Waals surface area contributed by atoms with Gasteiger partial charge in [0.2, 0.25) is 0 Å². The Hall–Kier alpha value is -2.02. The molecule has 0 aliphatic carbocycles. The van der Waals surface area contributed by atoms with Gasteiger partial charge in [-0.3, -0.25) is 4.79 Å². The first-order chi connectivity index (χ1) is 9.85. The van der Waals surface area contributed by atoms with Crippen LogP contribution in [0.3, 0.4) is 0 Å². The number of hydrogen-bond donors (Lipinski definition) is 1. The van der Waals surface area contributed by atoms with Gasteiger partial charge in [-0.1, -0.05) is 0 Å². The van der Waals surface area contributed by atoms with Crippen molar-refractivity contribution < 1.29 is 22.7 Å². The maximum atomic E-state index is 13.7. The largest absolute Gasteiger partial charge is 0.496 e. The molecule has 21 heavy (non-hydrogen) atoms. The zero-order valence-electron chi connectivity index (χ0n) is 10.7. The van der Waals surface area contributed by atoms with E-state index < -0.39 is 28.8 Å². The van der Waals surface area contributed by atoms with Crippen molar-refractivity contribution in [2.75, 3.05) is 12.8 Å². The number of ketones is 1. The quantitative estimate of drug-likeness (QED) is 0.671. The number of nitrogen functional groups attached to an aromatic ring is 1. The number of halogens is 4. The fraction of sp³-hybridized carbons (Fsp3) is 0.0714. The molecule has 2 N–H and O–H groups in total. The summed E-state index contributed by atoms with van der Waals surface area (Å²) in [6, 6.07) is 3.56. The molecule has 0 aliphatic heterocycles. The summed E-state index contributed by atoms with van der Waals surface area (Å²) in [5.41, 5.74) is 4.48. The normalized spacial score (nSPS) is 10.5. The Labute approximate surface area is 126 Å². The van der Waals surface area contributed by atoms with Gasteiger partial charge in [-0.15, -0.1) is 0 Å². The number of ether oxygens (including phenoxy) is 1. The summed E-state index contributed by atoms with van der Waals surface area (Å²) in [5.74, 6) is -3.52. The maximum absolute atomic E-state index is 13.7. The fourth-order valence-electron chi connectivity index (χ4n) is 1.76. The topological polar surface area (TPSA) is 52.3 Å². The Kier molecular flexibility index (Phi) is 4.22. The Bertz CT molecular complexity index is 735. The van der Waals surface area contributed by atoms with Crippen LogP contribution in [-0.2, 0) is 0 Å². The van der Waals surface area contributed by atoms with E-state index in [1.54, 1.807) is 0 Å². The summed E-state index contributed by atoms with van der Waals surface area (Å²) in [4.78, 5) is 12.3. The van der Waals surface area contributed by atoms with Gasteiger partial charge in [0.15, 0.2) is 5.78 Å². The molecule has 0 heterocycles. The van der Waals surface area contributed by atoms with Crippen LogP contribution < -0.4 is 10.5 Å². The number of carbonyl (C=O) groups is 1. The molecule has 0 unspecified atom stereocenters. The molecule has 0 bridgehead atoms. The van der Waals surface area contributed by atoms with Gasteiger partial charge in [-0.25, -0.2) is 13.2 Å². The minimum Gasteiger partial charge on any atom is -0.496 e. The van der Waals surface area contributed by atoms with E-state index in [9.17, 15) is 18.0 Å². The molecule has 0 fully saturated rings. The molecule has 3 nitrogen and oxygen atoms in total. The summed E-state index contributed by atoms with van der Waals surface area (Å²) in [5, 5.41) is 0. The highest BCUT2D eigenvalue weighted by molar-refractivity contribution is 9.10. The Morgan fingerprint density at radius 1 is 1.05 bits per heavy atom. The van der Waals surface area contributed by atoms with Crippen LogP contribution in [0.25, 0.3) is 0 Å². The molecule has 2 rings (SSSR count). The highest BCUT2D eigenvalue weighted by Gasteiger charge is 2.21. The lowest BCUT2D eigenvalue weighted by Gasteiger charge is -2.10. The van der Waals surface area contributed by atoms with Crippen molar-refractivity contribution >= 4 is 27.4 Å². The summed E-state index contributed by atoms with van der Waals surface area (Å²) < 4.78 is 45.2. The maximum Gasteiger partial charge on any atom is 0.199 e. The van der Waals surface area contributed by atoms with Gasteiger partial charge in [0.25, 0.3) is 0 Å². The lowest BCUT2D eigenvalue weighted by molar-refractivity contribution is 0.103. The molecule has 0 aromatic heterocycles. The predicted octanol–water partition coefficient (Wildman–Crippen LogP) is 3.69. The zero-order chi connectivity index (χ0) is 15.7. The number of carbonyl (C=O) groups excluding carboxylic acids is 1. The summed E-state index contributed by atoms with van der Waals surface area (Å²) in [6.45, 7) is 0. The van der Waals surface area contributed by atoms with Gasteiger partial charge < -0.3 is 10.5 Å². The highest BCUT2D eigenvalue weighted by Crippen LogP contribution is 2.29. The molecule has 0 spiro atoms. The van der Waals surface area contributed by atoms with Crippen molar-refractivity contribution in [1.82, 2.24) is 0 Å². The molecule has 110 valence electrons. The number of methoxy groups -OCH3 is 1. The van der Waals surface area contributed by atoms with Gasteiger partial charge in [-0.2, -0.15) is 0 Å². The molecule has 0 atom stereocenters. The van der Waals surface area contributed by atoms with E-state index in [2.05, 4.69) is 15.9 Å². The van der Waals surface area contributed by atoms with Gasteiger partial charge in [0.05, 0.1) is 28.4 Å². The molecule has 2 aromatic rings. The summed E-state index contributed by atoms with van der Waals surface area (Å²) in [6.07, 6.45) is 0. The standard InChI is InChI=1S/C14H9BrF3NO2/c1-21-13-5-10(17)8(15)2-7(13)14(20)6-3-12(19)11(18)4-9(6)16/h2-5H,19H2,1H3. The third kappa shape index (κ3) is 2.87. The SMILES string of the molecule is COc1cc(F)c(Br)cc1C(=O)c1cc(N)c(F)cc1F. The van der Waals surface area contributed by atoms with Crippen LogP contribution in [-0.4, -0.2) is 12.9 Å². The second kappa shape index (κ2) is 5.77. The van der Waals surface area contributed by atoms with Gasteiger partial charge in [-0.05, 0) is 28.1 Å². The molecule has 0 aliphatic rings. The lowest BCUT2D eigenvalue weighted by Crippen LogP contribution is -2.09. The zero-order valence-corrected chi connectivity index (χ0v) is 12.3. The molecular weight excluding hydrogens is 351 g/mol. The van der Waals surface area contributed by atoms with Gasteiger partial charge in [0.1, 0.15) is 23.2 Å². The van der Waals surface area contributed by atoms with Crippen LogP contribution in [0.15, 0.2) is 28.7 Å². The minimum absolute atomic E-state index is 0.0159. The third-order valence-corrected chi connectivity index (χ3v) is 3.43. The van der Waals surface area contributed by atoms with Crippen LogP contribution in [0.1, 0.15) is 15.9 Å². The number of nitrogens with two attached hydrogens (primary N) is 1. The Morgan fingerprint density at radius 2 is 1.71 bits per heavy atom. The van der Waals surface area contributed by atoms with Crippen molar-refractivity contribution in [3.63, 3.8) is 0 Å². The van der Waals surface area contributed by atoms with E-state index >= 15 is 0 Å². The number of benzene rings is 2. The van der Waals surface area contributed by atoms with Gasteiger partial charge in [0, 0.05) is 12.1 Å². The van der Waals surface area contributed by atoms with Crippen molar-refractivity contribution in [1.29, 1.82) is 0 Å². The van der Waals surface area contributed by atoms with Crippen LogP contribution in [0.4, 0.5) is 18.9 Å². The predicted molar refractivity (Wildman–Crippen MR) is 74.9 cm³/mol. The van der Waals surface area contributed by atoms with Crippen LogP contribution >= 0.6 is 15.9 Å². The van der Waals surface area contributed by atoms with Gasteiger partial charge >= 0.3 is 0 Å². The van der Waals surface area contributed by atoms with E-state index in [4.69, 9.17) is 10.5 Å². The number of hydrogen-bond acceptors (Lipinski definition) is 3. The molecule has 2 aromatic carbocycles. The Balaban J connectivity index is 2.60. The lowest BCUT2D eigenvalue weighted by atomic mass is 10.0. The van der Waals surface area contributed by atoms with Crippen molar-refractivity contribution in [2.45, 2.75) is 0 Å².